The molecule has 5 N–H and O–H groups in total. The lowest BCUT2D eigenvalue weighted by molar-refractivity contribution is 0.100. The van der Waals surface area contributed by atoms with Crippen LogP contribution in [0.2, 0.25) is 5.02 Å². The number of aryl methyl sites for hydroxylation is 1. The van der Waals surface area contributed by atoms with Crippen molar-refractivity contribution in [3.63, 3.8) is 0 Å². The Hall–Kier alpha value is -2.40. The Balaban J connectivity index is 2.40. The van der Waals surface area contributed by atoms with E-state index in [0.717, 1.165) is 11.3 Å². The first-order valence-corrected chi connectivity index (χ1v) is 6.60. The van der Waals surface area contributed by atoms with Crippen molar-refractivity contribution >= 4 is 34.6 Å². The number of halogens is 1. The van der Waals surface area contributed by atoms with Gasteiger partial charge in [-0.2, -0.15) is 0 Å². The summed E-state index contributed by atoms with van der Waals surface area (Å²) in [7, 11) is 1.56. The highest BCUT2D eigenvalue weighted by Gasteiger charge is 2.10. The fourth-order valence-corrected chi connectivity index (χ4v) is 2.09. The third kappa shape index (κ3) is 3.20. The van der Waals surface area contributed by atoms with Crippen LogP contribution in [-0.2, 0) is 0 Å². The minimum atomic E-state index is -0.574. The largest absolute Gasteiger partial charge is 0.495 e. The van der Waals surface area contributed by atoms with Crippen molar-refractivity contribution < 1.29 is 9.53 Å². The Bertz CT molecular complexity index is 702. The summed E-state index contributed by atoms with van der Waals surface area (Å²) in [6.07, 6.45) is 0. The minimum absolute atomic E-state index is 0.268. The minimum Gasteiger partial charge on any atom is -0.495 e. The predicted octanol–water partition coefficient (Wildman–Crippen LogP) is 3.08. The highest BCUT2D eigenvalue weighted by molar-refractivity contribution is 6.31. The third-order valence-corrected chi connectivity index (χ3v) is 3.49. The van der Waals surface area contributed by atoms with Gasteiger partial charge in [-0.15, -0.1) is 0 Å². The van der Waals surface area contributed by atoms with E-state index in [1.807, 2.05) is 13.0 Å². The van der Waals surface area contributed by atoms with Gasteiger partial charge in [0.25, 0.3) is 5.91 Å². The zero-order valence-corrected chi connectivity index (χ0v) is 12.5. The summed E-state index contributed by atoms with van der Waals surface area (Å²) in [5.41, 5.74) is 13.9. The highest BCUT2D eigenvalue weighted by Crippen LogP contribution is 2.33. The monoisotopic (exact) mass is 305 g/mol. The van der Waals surface area contributed by atoms with E-state index >= 15 is 0 Å². The quantitative estimate of drug-likeness (QED) is 0.757. The molecule has 0 bridgehead atoms. The molecule has 0 saturated heterocycles. The van der Waals surface area contributed by atoms with E-state index in [4.69, 9.17) is 27.8 Å². The number of nitrogens with two attached hydrogens (primary N) is 2. The lowest BCUT2D eigenvalue weighted by Crippen LogP contribution is -2.13. The van der Waals surface area contributed by atoms with E-state index in [9.17, 15) is 4.79 Å². The molecule has 0 spiro atoms. The number of carbonyl (C=O) groups is 1. The normalized spacial score (nSPS) is 10.2. The van der Waals surface area contributed by atoms with Crippen LogP contribution in [0, 0.1) is 6.92 Å². The third-order valence-electron chi connectivity index (χ3n) is 3.08. The molecule has 0 radical (unpaired) electrons. The van der Waals surface area contributed by atoms with Gasteiger partial charge in [-0.1, -0.05) is 11.6 Å². The van der Waals surface area contributed by atoms with Gasteiger partial charge in [0, 0.05) is 22.5 Å². The van der Waals surface area contributed by atoms with Gasteiger partial charge in [-0.05, 0) is 36.8 Å². The SMILES string of the molecule is COc1cc(Cl)c(C)cc1Nc1ccc(N)c(C(N)=O)c1. The molecule has 0 aromatic heterocycles. The van der Waals surface area contributed by atoms with E-state index in [2.05, 4.69) is 5.32 Å². The van der Waals surface area contributed by atoms with E-state index in [1.54, 1.807) is 31.4 Å². The summed E-state index contributed by atoms with van der Waals surface area (Å²) >= 11 is 6.07. The van der Waals surface area contributed by atoms with Gasteiger partial charge < -0.3 is 21.5 Å². The summed E-state index contributed by atoms with van der Waals surface area (Å²) in [6, 6.07) is 8.57. The average Bonchev–Trinajstić information content (AvgIpc) is 2.44. The van der Waals surface area contributed by atoms with Crippen LogP contribution in [0.4, 0.5) is 17.1 Å². The molecule has 0 fully saturated rings. The second-order valence-electron chi connectivity index (χ2n) is 4.59. The molecule has 21 heavy (non-hydrogen) atoms. The number of anilines is 3. The van der Waals surface area contributed by atoms with E-state index in [0.29, 0.717) is 22.1 Å². The van der Waals surface area contributed by atoms with E-state index < -0.39 is 5.91 Å². The number of rotatable bonds is 4. The standard InChI is InChI=1S/C15H16ClN3O2/c1-8-5-13(14(21-2)7-11(8)16)19-9-3-4-12(17)10(6-9)15(18)20/h3-7,19H,17H2,1-2H3,(H2,18,20). The van der Waals surface area contributed by atoms with Gasteiger partial charge >= 0.3 is 0 Å². The molecule has 2 aromatic rings. The maximum Gasteiger partial charge on any atom is 0.250 e. The Morgan fingerprint density at radius 1 is 1.29 bits per heavy atom. The van der Waals surface area contributed by atoms with Gasteiger partial charge in [0.15, 0.2) is 0 Å². The van der Waals surface area contributed by atoms with Crippen molar-refractivity contribution in [2.75, 3.05) is 18.2 Å². The molecule has 5 nitrogen and oxygen atoms in total. The topological polar surface area (TPSA) is 90.4 Å². The number of carbonyl (C=O) groups excluding carboxylic acids is 1. The second kappa shape index (κ2) is 5.93. The summed E-state index contributed by atoms with van der Waals surface area (Å²) in [6.45, 7) is 1.89. The van der Waals surface area contributed by atoms with Crippen LogP contribution in [-0.4, -0.2) is 13.0 Å². The number of nitrogens with one attached hydrogen (secondary N) is 1. The van der Waals surface area contributed by atoms with Crippen molar-refractivity contribution in [3.05, 3.63) is 46.5 Å². The molecule has 2 aromatic carbocycles. The fraction of sp³-hybridized carbons (Fsp3) is 0.133. The lowest BCUT2D eigenvalue weighted by Gasteiger charge is -2.14. The molecule has 0 heterocycles. The van der Waals surface area contributed by atoms with Crippen molar-refractivity contribution in [1.29, 1.82) is 0 Å². The number of hydrogen-bond acceptors (Lipinski definition) is 4. The lowest BCUT2D eigenvalue weighted by atomic mass is 10.1. The van der Waals surface area contributed by atoms with Gasteiger partial charge in [0.2, 0.25) is 0 Å². The van der Waals surface area contributed by atoms with Crippen LogP contribution in [0.3, 0.4) is 0 Å². The zero-order valence-electron chi connectivity index (χ0n) is 11.7. The van der Waals surface area contributed by atoms with E-state index in [-0.39, 0.29) is 5.56 Å². The van der Waals surface area contributed by atoms with Crippen molar-refractivity contribution in [3.8, 4) is 5.75 Å². The second-order valence-corrected chi connectivity index (χ2v) is 5.00. The highest BCUT2D eigenvalue weighted by atomic mass is 35.5. The number of nitrogen functional groups attached to an aromatic ring is 1. The molecule has 0 atom stereocenters. The van der Waals surface area contributed by atoms with Crippen molar-refractivity contribution in [2.24, 2.45) is 5.73 Å². The summed E-state index contributed by atoms with van der Waals surface area (Å²) in [4.78, 5) is 11.3. The Morgan fingerprint density at radius 2 is 2.00 bits per heavy atom. The molecule has 0 aliphatic rings. The van der Waals surface area contributed by atoms with Crippen LogP contribution in [0.5, 0.6) is 5.75 Å². The number of ether oxygens (including phenoxy) is 1. The number of amides is 1. The number of hydrogen-bond donors (Lipinski definition) is 3. The van der Waals surface area contributed by atoms with Gasteiger partial charge in [-0.25, -0.2) is 0 Å². The Labute approximate surface area is 127 Å². The smallest absolute Gasteiger partial charge is 0.250 e. The van der Waals surface area contributed by atoms with Crippen LogP contribution in [0.15, 0.2) is 30.3 Å². The van der Waals surface area contributed by atoms with E-state index in [1.165, 1.54) is 0 Å². The predicted molar refractivity (Wildman–Crippen MR) is 85.4 cm³/mol. The molecule has 2 rings (SSSR count). The number of methoxy groups -OCH3 is 1. The summed E-state index contributed by atoms with van der Waals surface area (Å²) < 4.78 is 5.29. The number of benzene rings is 2. The molecule has 6 heteroatoms. The average molecular weight is 306 g/mol. The molecule has 0 unspecified atom stereocenters. The maximum atomic E-state index is 11.3. The van der Waals surface area contributed by atoms with Gasteiger partial charge in [0.1, 0.15) is 5.75 Å². The molecule has 0 saturated carbocycles. The fourth-order valence-electron chi connectivity index (χ4n) is 1.93. The first kappa shape index (κ1) is 15.0. The Morgan fingerprint density at radius 3 is 2.62 bits per heavy atom. The first-order valence-electron chi connectivity index (χ1n) is 6.23. The summed E-state index contributed by atoms with van der Waals surface area (Å²) in [5.74, 6) is 0.0263. The number of primary amides is 1. The van der Waals surface area contributed by atoms with Crippen LogP contribution < -0.4 is 21.5 Å². The maximum absolute atomic E-state index is 11.3. The molecule has 110 valence electrons. The molecular formula is C15H16ClN3O2. The summed E-state index contributed by atoms with van der Waals surface area (Å²) in [5, 5.41) is 3.79. The van der Waals surface area contributed by atoms with Gasteiger partial charge in [0.05, 0.1) is 18.4 Å². The van der Waals surface area contributed by atoms with Gasteiger partial charge in [-0.3, -0.25) is 4.79 Å². The van der Waals surface area contributed by atoms with Crippen molar-refractivity contribution in [1.82, 2.24) is 0 Å². The first-order chi connectivity index (χ1) is 9.92. The Kier molecular flexibility index (Phi) is 4.23. The zero-order chi connectivity index (χ0) is 15.6. The molecule has 0 aliphatic heterocycles. The molecular weight excluding hydrogens is 290 g/mol. The molecule has 1 amide bonds. The molecule has 0 aliphatic carbocycles. The van der Waals surface area contributed by atoms with Crippen LogP contribution >= 0.6 is 11.6 Å². The van der Waals surface area contributed by atoms with Crippen LogP contribution in [0.25, 0.3) is 0 Å². The van der Waals surface area contributed by atoms with Crippen LogP contribution in [0.1, 0.15) is 15.9 Å². The van der Waals surface area contributed by atoms with Crippen molar-refractivity contribution in [2.45, 2.75) is 6.92 Å².